The van der Waals surface area contributed by atoms with Gasteiger partial charge < -0.3 is 5.32 Å². The molecule has 1 atom stereocenters. The molecule has 1 heteroatoms. The summed E-state index contributed by atoms with van der Waals surface area (Å²) in [5.74, 6) is 0.666. The Balaban J connectivity index is 2.51. The lowest BCUT2D eigenvalue weighted by atomic mass is 10.1. The van der Waals surface area contributed by atoms with Gasteiger partial charge in [-0.05, 0) is 43.4 Å². The second-order valence-corrected chi connectivity index (χ2v) is 4.98. The maximum Gasteiger partial charge on any atom is 0.0342 e. The number of unbranched alkanes of at least 4 members (excludes halogenated alkanes) is 1. The first kappa shape index (κ1) is 13.1. The summed E-state index contributed by atoms with van der Waals surface area (Å²) in [7, 11) is 0. The second kappa shape index (κ2) is 6.57. The molecule has 1 N–H and O–H groups in total. The van der Waals surface area contributed by atoms with Crippen molar-refractivity contribution in [1.29, 1.82) is 0 Å². The lowest BCUT2D eigenvalue weighted by Gasteiger charge is -2.18. The van der Waals surface area contributed by atoms with E-state index in [9.17, 15) is 0 Å². The third-order valence-electron chi connectivity index (χ3n) is 3.17. The van der Waals surface area contributed by atoms with Crippen LogP contribution in [-0.2, 0) is 6.42 Å². The zero-order valence-electron chi connectivity index (χ0n) is 11.1. The van der Waals surface area contributed by atoms with Crippen molar-refractivity contribution in [2.75, 3.05) is 5.32 Å². The summed E-state index contributed by atoms with van der Waals surface area (Å²) in [4.78, 5) is 0. The molecule has 1 aromatic carbocycles. The van der Waals surface area contributed by atoms with Crippen molar-refractivity contribution in [1.82, 2.24) is 0 Å². The summed E-state index contributed by atoms with van der Waals surface area (Å²) in [6, 6.07) is 9.41. The van der Waals surface area contributed by atoms with Crippen LogP contribution >= 0.6 is 0 Å². The third-order valence-corrected chi connectivity index (χ3v) is 3.17. The topological polar surface area (TPSA) is 12.0 Å². The normalized spacial score (nSPS) is 12.8. The van der Waals surface area contributed by atoms with Gasteiger partial charge in [0.05, 0.1) is 0 Å². The number of hydrogen-bond donors (Lipinski definition) is 1. The van der Waals surface area contributed by atoms with Crippen LogP contribution in [0.1, 0.15) is 46.1 Å². The highest BCUT2D eigenvalue weighted by atomic mass is 14.9. The summed E-state index contributed by atoms with van der Waals surface area (Å²) in [6.07, 6.45) is 3.76. The highest BCUT2D eigenvalue weighted by molar-refractivity contribution is 5.45. The summed E-state index contributed by atoms with van der Waals surface area (Å²) >= 11 is 0. The molecule has 16 heavy (non-hydrogen) atoms. The molecular formula is C15H25N. The summed E-state index contributed by atoms with van der Waals surface area (Å²) in [5, 5.41) is 3.52. The van der Waals surface area contributed by atoms with Crippen LogP contribution in [0, 0.1) is 5.92 Å². The van der Waals surface area contributed by atoms with Crippen LogP contribution in [0.4, 0.5) is 5.69 Å². The fourth-order valence-corrected chi connectivity index (χ4v) is 1.58. The number of benzene rings is 1. The molecule has 1 unspecified atom stereocenters. The van der Waals surface area contributed by atoms with Crippen LogP contribution in [0.25, 0.3) is 0 Å². The average Bonchev–Trinajstić information content (AvgIpc) is 2.28. The Labute approximate surface area is 100 Å². The number of anilines is 1. The van der Waals surface area contributed by atoms with E-state index < -0.39 is 0 Å². The van der Waals surface area contributed by atoms with Gasteiger partial charge in [-0.2, -0.15) is 0 Å². The number of nitrogens with one attached hydrogen (secondary N) is 1. The molecule has 0 aliphatic carbocycles. The third kappa shape index (κ3) is 4.26. The molecule has 1 rings (SSSR count). The van der Waals surface area contributed by atoms with Crippen molar-refractivity contribution in [3.63, 3.8) is 0 Å². The van der Waals surface area contributed by atoms with Gasteiger partial charge in [-0.1, -0.05) is 39.3 Å². The first-order chi connectivity index (χ1) is 7.63. The van der Waals surface area contributed by atoms with Gasteiger partial charge in [0, 0.05) is 11.7 Å². The maximum absolute atomic E-state index is 3.52. The van der Waals surface area contributed by atoms with Gasteiger partial charge in [-0.3, -0.25) is 0 Å². The highest BCUT2D eigenvalue weighted by Crippen LogP contribution is 2.14. The van der Waals surface area contributed by atoms with Crippen LogP contribution in [0.2, 0.25) is 0 Å². The lowest BCUT2D eigenvalue weighted by molar-refractivity contribution is 0.560. The van der Waals surface area contributed by atoms with Gasteiger partial charge in [-0.15, -0.1) is 0 Å². The summed E-state index contributed by atoms with van der Waals surface area (Å²) < 4.78 is 0. The SMILES string of the molecule is CCCCc1ccc(NC(C)C(C)C)cc1. The molecule has 0 aliphatic rings. The van der Waals surface area contributed by atoms with E-state index in [2.05, 4.69) is 57.3 Å². The van der Waals surface area contributed by atoms with Crippen molar-refractivity contribution in [3.8, 4) is 0 Å². The minimum Gasteiger partial charge on any atom is -0.382 e. The van der Waals surface area contributed by atoms with Gasteiger partial charge in [0.2, 0.25) is 0 Å². The number of rotatable bonds is 6. The zero-order valence-corrected chi connectivity index (χ0v) is 11.1. The van der Waals surface area contributed by atoms with E-state index >= 15 is 0 Å². The molecule has 0 heterocycles. The predicted molar refractivity (Wildman–Crippen MR) is 73.0 cm³/mol. The van der Waals surface area contributed by atoms with Crippen molar-refractivity contribution < 1.29 is 0 Å². The Morgan fingerprint density at radius 3 is 2.19 bits per heavy atom. The van der Waals surface area contributed by atoms with Crippen LogP contribution in [-0.4, -0.2) is 6.04 Å². The Bertz CT molecular complexity index is 287. The molecule has 90 valence electrons. The molecule has 0 bridgehead atoms. The van der Waals surface area contributed by atoms with Crippen LogP contribution in [0.5, 0.6) is 0 Å². The van der Waals surface area contributed by atoms with Gasteiger partial charge >= 0.3 is 0 Å². The monoisotopic (exact) mass is 219 g/mol. The quantitative estimate of drug-likeness (QED) is 0.743. The Morgan fingerprint density at radius 1 is 1.06 bits per heavy atom. The van der Waals surface area contributed by atoms with E-state index in [0.29, 0.717) is 12.0 Å². The van der Waals surface area contributed by atoms with Crippen molar-refractivity contribution in [2.24, 2.45) is 5.92 Å². The molecular weight excluding hydrogens is 194 g/mol. The fourth-order valence-electron chi connectivity index (χ4n) is 1.58. The summed E-state index contributed by atoms with van der Waals surface area (Å²) in [6.45, 7) is 8.95. The van der Waals surface area contributed by atoms with Gasteiger partial charge in [0.1, 0.15) is 0 Å². The molecule has 0 aliphatic heterocycles. The van der Waals surface area contributed by atoms with Gasteiger partial charge in [0.15, 0.2) is 0 Å². The molecule has 1 aromatic rings. The van der Waals surface area contributed by atoms with E-state index in [4.69, 9.17) is 0 Å². The standard InChI is InChI=1S/C15H25N/c1-5-6-7-14-8-10-15(11-9-14)16-13(4)12(2)3/h8-13,16H,5-7H2,1-4H3. The Morgan fingerprint density at radius 2 is 1.69 bits per heavy atom. The Kier molecular flexibility index (Phi) is 5.37. The predicted octanol–water partition coefficient (Wildman–Crippen LogP) is 4.49. The fraction of sp³-hybridized carbons (Fsp3) is 0.600. The van der Waals surface area contributed by atoms with Crippen molar-refractivity contribution in [3.05, 3.63) is 29.8 Å². The van der Waals surface area contributed by atoms with Crippen molar-refractivity contribution in [2.45, 2.75) is 53.0 Å². The molecule has 0 radical (unpaired) electrons. The maximum atomic E-state index is 3.52. The molecule has 0 spiro atoms. The molecule has 0 saturated carbocycles. The van der Waals surface area contributed by atoms with E-state index in [0.717, 1.165) is 0 Å². The number of aryl methyl sites for hydroxylation is 1. The molecule has 0 fully saturated rings. The van der Waals surface area contributed by atoms with Gasteiger partial charge in [0.25, 0.3) is 0 Å². The highest BCUT2D eigenvalue weighted by Gasteiger charge is 2.05. The largest absolute Gasteiger partial charge is 0.382 e. The lowest BCUT2D eigenvalue weighted by Crippen LogP contribution is -2.21. The Hall–Kier alpha value is -0.980. The molecule has 1 nitrogen and oxygen atoms in total. The van der Waals surface area contributed by atoms with Crippen LogP contribution in [0.15, 0.2) is 24.3 Å². The molecule has 0 saturated heterocycles. The number of hydrogen-bond acceptors (Lipinski definition) is 1. The first-order valence-corrected chi connectivity index (χ1v) is 6.49. The van der Waals surface area contributed by atoms with E-state index in [1.807, 2.05) is 0 Å². The summed E-state index contributed by atoms with van der Waals surface area (Å²) in [5.41, 5.74) is 2.69. The van der Waals surface area contributed by atoms with Crippen molar-refractivity contribution >= 4 is 5.69 Å². The minimum absolute atomic E-state index is 0.529. The second-order valence-electron chi connectivity index (χ2n) is 4.98. The minimum atomic E-state index is 0.529. The smallest absolute Gasteiger partial charge is 0.0342 e. The van der Waals surface area contributed by atoms with E-state index in [1.54, 1.807) is 0 Å². The average molecular weight is 219 g/mol. The molecule has 0 aromatic heterocycles. The van der Waals surface area contributed by atoms with Crippen LogP contribution in [0.3, 0.4) is 0 Å². The zero-order chi connectivity index (χ0) is 12.0. The van der Waals surface area contributed by atoms with E-state index in [-0.39, 0.29) is 0 Å². The van der Waals surface area contributed by atoms with Gasteiger partial charge in [-0.25, -0.2) is 0 Å². The van der Waals surface area contributed by atoms with E-state index in [1.165, 1.54) is 30.5 Å². The van der Waals surface area contributed by atoms with Crippen LogP contribution < -0.4 is 5.32 Å². The first-order valence-electron chi connectivity index (χ1n) is 6.49. The molecule has 0 amide bonds.